The van der Waals surface area contributed by atoms with Crippen LogP contribution >= 0.6 is 0 Å². The first kappa shape index (κ1) is 25.4. The van der Waals surface area contributed by atoms with Crippen molar-refractivity contribution in [1.82, 2.24) is 0 Å². The summed E-state index contributed by atoms with van der Waals surface area (Å²) in [5.41, 5.74) is 6.10. The van der Waals surface area contributed by atoms with E-state index in [1.807, 2.05) is 18.2 Å². The van der Waals surface area contributed by atoms with Crippen LogP contribution in [0.1, 0.15) is 40.0 Å². The number of hydrogen-bond donors (Lipinski definition) is 0. The van der Waals surface area contributed by atoms with Gasteiger partial charge >= 0.3 is 0 Å². The number of ether oxygens (including phenoxy) is 3. The number of hydrogen-bond acceptors (Lipinski definition) is 3. The fraction of sp³-hybridized carbons (Fsp3) is 0.273. The van der Waals surface area contributed by atoms with E-state index in [4.69, 9.17) is 14.2 Å². The first-order valence-corrected chi connectivity index (χ1v) is 13.1. The normalized spacial score (nSPS) is 10.8. The van der Waals surface area contributed by atoms with E-state index in [1.54, 1.807) is 0 Å². The first-order chi connectivity index (χ1) is 17.8. The minimum absolute atomic E-state index is 0.602. The largest absolute Gasteiger partial charge is 0.492 e. The standard InChI is InChI=1S/C33H36O3/c1-4-22-34-31-28(25-16-10-7-11-17-25)32(35-23-5-2)30(27-20-14-9-15-21-27)33(36-24-6-3)29(31)26-18-12-8-13-19-26/h7-21H,4-6,22-24H2,1-3H3. The van der Waals surface area contributed by atoms with Gasteiger partial charge < -0.3 is 14.2 Å². The molecule has 0 atom stereocenters. The zero-order valence-corrected chi connectivity index (χ0v) is 21.6. The molecule has 3 heteroatoms. The molecule has 0 spiro atoms. The van der Waals surface area contributed by atoms with E-state index in [0.29, 0.717) is 19.8 Å². The van der Waals surface area contributed by atoms with Crippen molar-refractivity contribution in [1.29, 1.82) is 0 Å². The van der Waals surface area contributed by atoms with Crippen LogP contribution in [0.3, 0.4) is 0 Å². The molecule has 36 heavy (non-hydrogen) atoms. The van der Waals surface area contributed by atoms with Gasteiger partial charge in [-0.1, -0.05) is 112 Å². The second-order valence-corrected chi connectivity index (χ2v) is 8.76. The van der Waals surface area contributed by atoms with Gasteiger partial charge in [-0.05, 0) is 36.0 Å². The zero-order chi connectivity index (χ0) is 25.2. The van der Waals surface area contributed by atoms with Gasteiger partial charge in [0, 0.05) is 0 Å². The lowest BCUT2D eigenvalue weighted by molar-refractivity contribution is 0.292. The highest BCUT2D eigenvalue weighted by molar-refractivity contribution is 5.99. The zero-order valence-electron chi connectivity index (χ0n) is 21.6. The minimum Gasteiger partial charge on any atom is -0.492 e. The van der Waals surface area contributed by atoms with E-state index in [0.717, 1.165) is 69.9 Å². The fourth-order valence-corrected chi connectivity index (χ4v) is 4.33. The third-order valence-electron chi connectivity index (χ3n) is 5.90. The van der Waals surface area contributed by atoms with Crippen LogP contribution < -0.4 is 14.2 Å². The van der Waals surface area contributed by atoms with Crippen LogP contribution in [0.5, 0.6) is 17.2 Å². The molecule has 0 aliphatic heterocycles. The van der Waals surface area contributed by atoms with Crippen molar-refractivity contribution in [2.75, 3.05) is 19.8 Å². The van der Waals surface area contributed by atoms with Crippen LogP contribution in [-0.2, 0) is 0 Å². The lowest BCUT2D eigenvalue weighted by atomic mass is 9.89. The molecule has 0 fully saturated rings. The highest BCUT2D eigenvalue weighted by Crippen LogP contribution is 2.56. The predicted octanol–water partition coefficient (Wildman–Crippen LogP) is 9.05. The van der Waals surface area contributed by atoms with E-state index in [1.165, 1.54) is 0 Å². The molecule has 0 aromatic heterocycles. The van der Waals surface area contributed by atoms with Gasteiger partial charge in [-0.3, -0.25) is 0 Å². The van der Waals surface area contributed by atoms with Crippen LogP contribution in [0, 0.1) is 0 Å². The van der Waals surface area contributed by atoms with Gasteiger partial charge in [-0.15, -0.1) is 0 Å². The third-order valence-corrected chi connectivity index (χ3v) is 5.90. The summed E-state index contributed by atoms with van der Waals surface area (Å²) in [5.74, 6) is 2.43. The third kappa shape index (κ3) is 5.57. The molecule has 0 radical (unpaired) electrons. The molecule has 3 nitrogen and oxygen atoms in total. The summed E-state index contributed by atoms with van der Waals surface area (Å²) in [5, 5.41) is 0. The van der Waals surface area contributed by atoms with Gasteiger partial charge in [0.15, 0.2) is 0 Å². The Kier molecular flexibility index (Phi) is 9.04. The Bertz CT molecular complexity index is 1040. The summed E-state index contributed by atoms with van der Waals surface area (Å²) < 4.78 is 19.8. The maximum absolute atomic E-state index is 6.60. The summed E-state index contributed by atoms with van der Waals surface area (Å²) in [6.45, 7) is 8.20. The molecule has 0 aliphatic rings. The maximum atomic E-state index is 6.60. The lowest BCUT2D eigenvalue weighted by Crippen LogP contribution is -2.08. The molecule has 4 aromatic rings. The summed E-state index contributed by atoms with van der Waals surface area (Å²) in [6.07, 6.45) is 2.71. The Morgan fingerprint density at radius 2 is 0.639 bits per heavy atom. The Balaban J connectivity index is 2.19. The van der Waals surface area contributed by atoms with E-state index < -0.39 is 0 Å². The highest BCUT2D eigenvalue weighted by Gasteiger charge is 2.30. The van der Waals surface area contributed by atoms with Crippen LogP contribution in [0.4, 0.5) is 0 Å². The molecule has 4 rings (SSSR count). The van der Waals surface area contributed by atoms with Crippen molar-refractivity contribution in [3.8, 4) is 50.6 Å². The molecule has 0 unspecified atom stereocenters. The molecule has 0 saturated heterocycles. The molecule has 186 valence electrons. The topological polar surface area (TPSA) is 27.7 Å². The number of rotatable bonds is 12. The molecule has 0 aliphatic carbocycles. The molecule has 4 aromatic carbocycles. The van der Waals surface area contributed by atoms with Gasteiger partial charge in [0.2, 0.25) is 0 Å². The van der Waals surface area contributed by atoms with Crippen molar-refractivity contribution in [2.45, 2.75) is 40.0 Å². The van der Waals surface area contributed by atoms with Gasteiger partial charge in [0.1, 0.15) is 17.2 Å². The van der Waals surface area contributed by atoms with Crippen molar-refractivity contribution in [3.63, 3.8) is 0 Å². The molecule has 0 N–H and O–H groups in total. The van der Waals surface area contributed by atoms with Crippen molar-refractivity contribution >= 4 is 0 Å². The smallest absolute Gasteiger partial charge is 0.142 e. The molecular weight excluding hydrogens is 444 g/mol. The fourth-order valence-electron chi connectivity index (χ4n) is 4.33. The van der Waals surface area contributed by atoms with Crippen molar-refractivity contribution in [3.05, 3.63) is 91.0 Å². The van der Waals surface area contributed by atoms with Crippen LogP contribution in [0.15, 0.2) is 91.0 Å². The molecular formula is C33H36O3. The van der Waals surface area contributed by atoms with E-state index in [9.17, 15) is 0 Å². The second-order valence-electron chi connectivity index (χ2n) is 8.76. The Morgan fingerprint density at radius 3 is 0.861 bits per heavy atom. The SMILES string of the molecule is CCCOc1c(-c2ccccc2)c(OCCC)c(-c2ccccc2)c(OCCC)c1-c1ccccc1. The maximum Gasteiger partial charge on any atom is 0.142 e. The van der Waals surface area contributed by atoms with Crippen molar-refractivity contribution < 1.29 is 14.2 Å². The molecule has 0 amide bonds. The summed E-state index contributed by atoms with van der Waals surface area (Å²) >= 11 is 0. The Morgan fingerprint density at radius 1 is 0.389 bits per heavy atom. The van der Waals surface area contributed by atoms with Gasteiger partial charge in [-0.25, -0.2) is 0 Å². The van der Waals surface area contributed by atoms with E-state index in [-0.39, 0.29) is 0 Å². The van der Waals surface area contributed by atoms with Crippen LogP contribution in [0.2, 0.25) is 0 Å². The van der Waals surface area contributed by atoms with Crippen molar-refractivity contribution in [2.24, 2.45) is 0 Å². The average molecular weight is 481 g/mol. The Labute approximate surface area is 215 Å². The summed E-state index contributed by atoms with van der Waals surface area (Å²) in [6, 6.07) is 31.3. The highest BCUT2D eigenvalue weighted by atomic mass is 16.5. The summed E-state index contributed by atoms with van der Waals surface area (Å²) in [7, 11) is 0. The van der Waals surface area contributed by atoms with Gasteiger partial charge in [0.25, 0.3) is 0 Å². The first-order valence-electron chi connectivity index (χ1n) is 13.1. The monoisotopic (exact) mass is 480 g/mol. The van der Waals surface area contributed by atoms with Crippen LogP contribution in [0.25, 0.3) is 33.4 Å². The lowest BCUT2D eigenvalue weighted by Gasteiger charge is -2.27. The van der Waals surface area contributed by atoms with E-state index in [2.05, 4.69) is 93.6 Å². The molecule has 0 heterocycles. The molecule has 0 bridgehead atoms. The van der Waals surface area contributed by atoms with E-state index >= 15 is 0 Å². The van der Waals surface area contributed by atoms with Gasteiger partial charge in [-0.2, -0.15) is 0 Å². The molecule has 0 saturated carbocycles. The second kappa shape index (κ2) is 12.8. The average Bonchev–Trinajstić information content (AvgIpc) is 2.94. The quantitative estimate of drug-likeness (QED) is 0.202. The minimum atomic E-state index is 0.602. The number of benzene rings is 4. The van der Waals surface area contributed by atoms with Gasteiger partial charge in [0.05, 0.1) is 36.5 Å². The predicted molar refractivity (Wildman–Crippen MR) is 150 cm³/mol. The Hall–Kier alpha value is -3.72. The van der Waals surface area contributed by atoms with Crippen LogP contribution in [-0.4, -0.2) is 19.8 Å². The summed E-state index contributed by atoms with van der Waals surface area (Å²) in [4.78, 5) is 0.